The number of amides is 1. The van der Waals surface area contributed by atoms with Crippen molar-refractivity contribution in [3.8, 4) is 0 Å². The molecular formula is C14H11FN2O2S. The highest BCUT2D eigenvalue weighted by Gasteiger charge is 2.05. The van der Waals surface area contributed by atoms with Crippen molar-refractivity contribution < 1.29 is 13.6 Å². The molecule has 0 aliphatic rings. The van der Waals surface area contributed by atoms with Crippen LogP contribution in [0.4, 0.5) is 10.1 Å². The van der Waals surface area contributed by atoms with Gasteiger partial charge in [0.25, 0.3) is 0 Å². The Morgan fingerprint density at radius 2 is 2.05 bits per heavy atom. The molecule has 2 N–H and O–H groups in total. The van der Waals surface area contributed by atoms with Crippen molar-refractivity contribution in [2.24, 2.45) is 0 Å². The zero-order valence-corrected chi connectivity index (χ0v) is 11.1. The Hall–Kier alpha value is -2.47. The van der Waals surface area contributed by atoms with Gasteiger partial charge in [-0.1, -0.05) is 12.1 Å². The van der Waals surface area contributed by atoms with Gasteiger partial charge in [-0.2, -0.15) is 0 Å². The maximum Gasteiger partial charge on any atom is 0.250 e. The topological polar surface area (TPSA) is 54.3 Å². The molecule has 0 spiro atoms. The first-order valence-corrected chi connectivity index (χ1v) is 6.14. The minimum atomic E-state index is -0.449. The Morgan fingerprint density at radius 1 is 1.25 bits per heavy atom. The van der Waals surface area contributed by atoms with Gasteiger partial charge in [0, 0.05) is 6.08 Å². The van der Waals surface area contributed by atoms with E-state index in [0.717, 1.165) is 0 Å². The van der Waals surface area contributed by atoms with Crippen LogP contribution in [-0.2, 0) is 4.79 Å². The Balaban J connectivity index is 1.88. The highest BCUT2D eigenvalue weighted by Crippen LogP contribution is 2.11. The van der Waals surface area contributed by atoms with E-state index in [-0.39, 0.29) is 10.8 Å². The van der Waals surface area contributed by atoms with Crippen LogP contribution in [0.15, 0.2) is 53.2 Å². The van der Waals surface area contributed by atoms with E-state index in [0.29, 0.717) is 5.76 Å². The van der Waals surface area contributed by atoms with Gasteiger partial charge < -0.3 is 9.73 Å². The second kappa shape index (κ2) is 6.63. The van der Waals surface area contributed by atoms with Crippen molar-refractivity contribution in [3.63, 3.8) is 0 Å². The molecule has 1 amide bonds. The van der Waals surface area contributed by atoms with Crippen LogP contribution in [0.2, 0.25) is 0 Å². The number of carbonyl (C=O) groups excluding carboxylic acids is 1. The summed E-state index contributed by atoms with van der Waals surface area (Å²) in [6, 6.07) is 9.46. The van der Waals surface area contributed by atoms with E-state index in [1.54, 1.807) is 24.3 Å². The summed E-state index contributed by atoms with van der Waals surface area (Å²) in [4.78, 5) is 11.6. The third kappa shape index (κ3) is 4.03. The van der Waals surface area contributed by atoms with E-state index < -0.39 is 11.7 Å². The van der Waals surface area contributed by atoms with E-state index in [9.17, 15) is 9.18 Å². The molecule has 1 aromatic carbocycles. The largest absolute Gasteiger partial charge is 0.465 e. The lowest BCUT2D eigenvalue weighted by atomic mass is 10.3. The fourth-order valence-electron chi connectivity index (χ4n) is 1.41. The number of halogens is 1. The van der Waals surface area contributed by atoms with Crippen LogP contribution in [0.3, 0.4) is 0 Å². The predicted octanol–water partition coefficient (Wildman–Crippen LogP) is 2.95. The van der Waals surface area contributed by atoms with E-state index in [1.807, 2.05) is 0 Å². The normalized spacial score (nSPS) is 10.4. The summed E-state index contributed by atoms with van der Waals surface area (Å²) in [6.45, 7) is 0. The molecule has 2 aromatic rings. The molecule has 20 heavy (non-hydrogen) atoms. The van der Waals surface area contributed by atoms with E-state index in [2.05, 4.69) is 10.6 Å². The number of furan rings is 1. The quantitative estimate of drug-likeness (QED) is 0.674. The number of rotatable bonds is 3. The fourth-order valence-corrected chi connectivity index (χ4v) is 1.62. The average molecular weight is 290 g/mol. The SMILES string of the molecule is O=C(C=Cc1ccco1)NC(=S)Nc1ccccc1F. The molecule has 0 aliphatic carbocycles. The van der Waals surface area contributed by atoms with E-state index >= 15 is 0 Å². The van der Waals surface area contributed by atoms with Gasteiger partial charge in [0.15, 0.2) is 5.11 Å². The van der Waals surface area contributed by atoms with Gasteiger partial charge in [0.2, 0.25) is 5.91 Å². The Labute approximate surface area is 120 Å². The summed E-state index contributed by atoms with van der Waals surface area (Å²) in [5.41, 5.74) is 0.202. The van der Waals surface area contributed by atoms with Gasteiger partial charge in [-0.3, -0.25) is 10.1 Å². The molecule has 0 aliphatic heterocycles. The molecule has 0 radical (unpaired) electrons. The second-order valence-electron chi connectivity index (χ2n) is 3.77. The minimum absolute atomic E-state index is 0.0178. The molecule has 0 unspecified atom stereocenters. The highest BCUT2D eigenvalue weighted by molar-refractivity contribution is 7.80. The minimum Gasteiger partial charge on any atom is -0.465 e. The molecule has 0 bridgehead atoms. The number of carbonyl (C=O) groups is 1. The number of hydrogen-bond donors (Lipinski definition) is 2. The third-order valence-corrected chi connectivity index (χ3v) is 2.51. The molecule has 1 heterocycles. The number of benzene rings is 1. The lowest BCUT2D eigenvalue weighted by molar-refractivity contribution is -0.115. The molecule has 0 saturated carbocycles. The summed E-state index contributed by atoms with van der Waals surface area (Å²) in [7, 11) is 0. The summed E-state index contributed by atoms with van der Waals surface area (Å²) in [5, 5.41) is 5.02. The Kier molecular flexibility index (Phi) is 4.62. The Morgan fingerprint density at radius 3 is 2.75 bits per heavy atom. The molecule has 4 nitrogen and oxygen atoms in total. The van der Waals surface area contributed by atoms with Gasteiger partial charge in [0.1, 0.15) is 11.6 Å². The fraction of sp³-hybridized carbons (Fsp3) is 0. The van der Waals surface area contributed by atoms with Crippen molar-refractivity contribution in [3.05, 3.63) is 60.3 Å². The van der Waals surface area contributed by atoms with E-state index in [4.69, 9.17) is 16.6 Å². The maximum atomic E-state index is 13.4. The predicted molar refractivity (Wildman–Crippen MR) is 78.5 cm³/mol. The van der Waals surface area contributed by atoms with Crippen LogP contribution in [0.1, 0.15) is 5.76 Å². The standard InChI is InChI=1S/C14H11FN2O2S/c15-11-5-1-2-6-12(11)16-14(20)17-13(18)8-7-10-4-3-9-19-10/h1-9H,(H2,16,17,18,20). The first-order chi connectivity index (χ1) is 9.65. The number of thiocarbonyl (C=S) groups is 1. The first-order valence-electron chi connectivity index (χ1n) is 5.73. The Bertz CT molecular complexity index is 638. The lowest BCUT2D eigenvalue weighted by Crippen LogP contribution is -2.33. The molecular weight excluding hydrogens is 279 g/mol. The average Bonchev–Trinajstić information content (AvgIpc) is 2.92. The maximum absolute atomic E-state index is 13.4. The van der Waals surface area contributed by atoms with Crippen LogP contribution in [0.5, 0.6) is 0 Å². The number of para-hydroxylation sites is 1. The summed E-state index contributed by atoms with van der Waals surface area (Å²) < 4.78 is 18.4. The zero-order valence-electron chi connectivity index (χ0n) is 10.3. The molecule has 0 saturated heterocycles. The second-order valence-corrected chi connectivity index (χ2v) is 4.18. The molecule has 1 aromatic heterocycles. The van der Waals surface area contributed by atoms with Crippen molar-refractivity contribution in [1.29, 1.82) is 0 Å². The molecule has 102 valence electrons. The molecule has 2 rings (SSSR count). The first kappa shape index (κ1) is 14.0. The molecule has 0 fully saturated rings. The van der Waals surface area contributed by atoms with Gasteiger partial charge in [-0.15, -0.1) is 0 Å². The van der Waals surface area contributed by atoms with Crippen molar-refractivity contribution in [2.75, 3.05) is 5.32 Å². The number of hydrogen-bond acceptors (Lipinski definition) is 3. The summed E-state index contributed by atoms with van der Waals surface area (Å²) in [6.07, 6.45) is 4.27. The lowest BCUT2D eigenvalue weighted by Gasteiger charge is -2.08. The van der Waals surface area contributed by atoms with Gasteiger partial charge in [-0.25, -0.2) is 4.39 Å². The van der Waals surface area contributed by atoms with Crippen LogP contribution in [-0.4, -0.2) is 11.0 Å². The van der Waals surface area contributed by atoms with Crippen LogP contribution in [0, 0.1) is 5.82 Å². The summed E-state index contributed by atoms with van der Waals surface area (Å²) in [5.74, 6) is -0.335. The zero-order chi connectivity index (χ0) is 14.4. The molecule has 0 atom stereocenters. The third-order valence-electron chi connectivity index (χ3n) is 2.30. The van der Waals surface area contributed by atoms with Crippen LogP contribution >= 0.6 is 12.2 Å². The van der Waals surface area contributed by atoms with Crippen molar-refractivity contribution in [1.82, 2.24) is 5.32 Å². The van der Waals surface area contributed by atoms with E-state index in [1.165, 1.54) is 30.5 Å². The smallest absolute Gasteiger partial charge is 0.250 e. The van der Waals surface area contributed by atoms with Crippen molar-refractivity contribution in [2.45, 2.75) is 0 Å². The number of anilines is 1. The monoisotopic (exact) mass is 290 g/mol. The van der Waals surface area contributed by atoms with Gasteiger partial charge in [0.05, 0.1) is 12.0 Å². The van der Waals surface area contributed by atoms with Gasteiger partial charge in [-0.05, 0) is 42.6 Å². The summed E-state index contributed by atoms with van der Waals surface area (Å²) >= 11 is 4.92. The number of nitrogens with one attached hydrogen (secondary N) is 2. The van der Waals surface area contributed by atoms with Crippen LogP contribution < -0.4 is 10.6 Å². The van der Waals surface area contributed by atoms with Crippen LogP contribution in [0.25, 0.3) is 6.08 Å². The van der Waals surface area contributed by atoms with Crippen molar-refractivity contribution >= 4 is 35.0 Å². The van der Waals surface area contributed by atoms with Gasteiger partial charge >= 0.3 is 0 Å². The highest BCUT2D eigenvalue weighted by atomic mass is 32.1. The molecule has 6 heteroatoms.